The van der Waals surface area contributed by atoms with Gasteiger partial charge in [-0.05, 0) is 35.4 Å². The number of fused-ring (bicyclic) bond motifs is 6. The van der Waals surface area contributed by atoms with Crippen molar-refractivity contribution in [3.63, 3.8) is 0 Å². The van der Waals surface area contributed by atoms with Crippen LogP contribution in [0.1, 0.15) is 0 Å². The highest BCUT2D eigenvalue weighted by atomic mass is 32.1. The van der Waals surface area contributed by atoms with E-state index < -0.39 is 0 Å². The molecule has 0 saturated carbocycles. The lowest BCUT2D eigenvalue weighted by molar-refractivity contribution is 0.670. The Hall–Kier alpha value is -3.30. The van der Waals surface area contributed by atoms with Gasteiger partial charge in [0.2, 0.25) is 0 Å². The van der Waals surface area contributed by atoms with E-state index in [1.807, 2.05) is 35.6 Å². The van der Waals surface area contributed by atoms with E-state index in [9.17, 15) is 0 Å². The van der Waals surface area contributed by atoms with Gasteiger partial charge in [-0.15, -0.1) is 11.3 Å². The number of para-hydroxylation sites is 1. The van der Waals surface area contributed by atoms with Gasteiger partial charge in [0.1, 0.15) is 5.58 Å². The second-order valence-corrected chi connectivity index (χ2v) is 7.90. The standard InChI is InChI=1S/C24H15NOS/c25-19-12-11-15(23-18-6-1-3-7-20(18)26-24(19)23)14-9-10-17-16-5-2-4-8-21(16)27-22(17)13-14/h1-13H,25H2. The largest absolute Gasteiger partial charge is 0.454 e. The summed E-state index contributed by atoms with van der Waals surface area (Å²) in [6.45, 7) is 0. The van der Waals surface area contributed by atoms with E-state index >= 15 is 0 Å². The molecule has 2 N–H and O–H groups in total. The second-order valence-electron chi connectivity index (χ2n) is 6.81. The van der Waals surface area contributed by atoms with E-state index in [0.29, 0.717) is 5.69 Å². The fraction of sp³-hybridized carbons (Fsp3) is 0. The summed E-state index contributed by atoms with van der Waals surface area (Å²) < 4.78 is 8.68. The monoisotopic (exact) mass is 365 g/mol. The average Bonchev–Trinajstić information content (AvgIpc) is 3.27. The molecule has 3 heteroatoms. The quantitative estimate of drug-likeness (QED) is 0.313. The minimum absolute atomic E-state index is 0.674. The maximum Gasteiger partial charge on any atom is 0.158 e. The molecule has 2 aromatic heterocycles. The summed E-state index contributed by atoms with van der Waals surface area (Å²) in [7, 11) is 0. The summed E-state index contributed by atoms with van der Waals surface area (Å²) in [4.78, 5) is 0. The molecule has 0 aliphatic carbocycles. The van der Waals surface area contributed by atoms with Gasteiger partial charge in [0, 0.05) is 30.9 Å². The lowest BCUT2D eigenvalue weighted by Gasteiger charge is -2.06. The lowest BCUT2D eigenvalue weighted by Crippen LogP contribution is -1.87. The summed E-state index contributed by atoms with van der Waals surface area (Å²) in [5.74, 6) is 0. The highest BCUT2D eigenvalue weighted by Gasteiger charge is 2.15. The Morgan fingerprint density at radius 2 is 1.48 bits per heavy atom. The molecule has 0 atom stereocenters. The van der Waals surface area contributed by atoms with Crippen molar-refractivity contribution >= 4 is 59.1 Å². The predicted octanol–water partition coefficient (Wildman–Crippen LogP) is 7.20. The van der Waals surface area contributed by atoms with Gasteiger partial charge in [-0.25, -0.2) is 0 Å². The number of hydrogen-bond donors (Lipinski definition) is 1. The fourth-order valence-corrected chi connectivity index (χ4v) is 5.13. The summed E-state index contributed by atoms with van der Waals surface area (Å²) in [6.07, 6.45) is 0. The molecule has 0 unspecified atom stereocenters. The summed E-state index contributed by atoms with van der Waals surface area (Å²) in [5.41, 5.74) is 10.9. The molecule has 0 aliphatic heterocycles. The van der Waals surface area contributed by atoms with Crippen molar-refractivity contribution in [1.29, 1.82) is 0 Å². The number of nitrogen functional groups attached to an aromatic ring is 1. The van der Waals surface area contributed by atoms with Gasteiger partial charge in [-0.1, -0.05) is 54.6 Å². The number of furan rings is 1. The number of thiophene rings is 1. The van der Waals surface area contributed by atoms with Gasteiger partial charge >= 0.3 is 0 Å². The molecular formula is C24H15NOS. The predicted molar refractivity (Wildman–Crippen MR) is 116 cm³/mol. The third-order valence-electron chi connectivity index (χ3n) is 5.25. The Kier molecular flexibility index (Phi) is 2.94. The Morgan fingerprint density at radius 1 is 0.704 bits per heavy atom. The molecule has 2 nitrogen and oxygen atoms in total. The van der Waals surface area contributed by atoms with Crippen LogP contribution in [0.3, 0.4) is 0 Å². The van der Waals surface area contributed by atoms with Crippen LogP contribution >= 0.6 is 11.3 Å². The molecule has 0 spiro atoms. The topological polar surface area (TPSA) is 39.2 Å². The van der Waals surface area contributed by atoms with Gasteiger partial charge in [0.05, 0.1) is 5.69 Å². The van der Waals surface area contributed by atoms with Gasteiger partial charge in [-0.2, -0.15) is 0 Å². The SMILES string of the molecule is Nc1ccc(-c2ccc3c(c2)sc2ccccc23)c2c1oc1ccccc12. The first-order valence-corrected chi connectivity index (χ1v) is 9.73. The van der Waals surface area contributed by atoms with Crippen LogP contribution in [-0.2, 0) is 0 Å². The van der Waals surface area contributed by atoms with Crippen LogP contribution in [0.5, 0.6) is 0 Å². The number of anilines is 1. The van der Waals surface area contributed by atoms with Crippen molar-refractivity contribution in [3.05, 3.63) is 78.9 Å². The first-order valence-electron chi connectivity index (χ1n) is 8.91. The zero-order valence-electron chi connectivity index (χ0n) is 14.4. The first kappa shape index (κ1) is 14.8. The van der Waals surface area contributed by atoms with Crippen molar-refractivity contribution < 1.29 is 4.42 Å². The maximum absolute atomic E-state index is 6.22. The highest BCUT2D eigenvalue weighted by molar-refractivity contribution is 7.25. The molecule has 128 valence electrons. The van der Waals surface area contributed by atoms with Crippen LogP contribution in [0, 0.1) is 0 Å². The maximum atomic E-state index is 6.22. The molecule has 2 heterocycles. The van der Waals surface area contributed by atoms with Crippen LogP contribution in [0.25, 0.3) is 53.2 Å². The van der Waals surface area contributed by atoms with E-state index in [-0.39, 0.29) is 0 Å². The number of nitrogens with two attached hydrogens (primary N) is 1. The Balaban J connectivity index is 1.70. The molecule has 0 saturated heterocycles. The molecule has 0 radical (unpaired) electrons. The van der Waals surface area contributed by atoms with Crippen LogP contribution in [-0.4, -0.2) is 0 Å². The molecule has 0 amide bonds. The van der Waals surface area contributed by atoms with Crippen molar-refractivity contribution in [1.82, 2.24) is 0 Å². The van der Waals surface area contributed by atoms with Crippen LogP contribution < -0.4 is 5.73 Å². The molecule has 6 rings (SSSR count). The molecule has 0 bridgehead atoms. The lowest BCUT2D eigenvalue weighted by atomic mass is 9.98. The van der Waals surface area contributed by atoms with Crippen LogP contribution in [0.2, 0.25) is 0 Å². The minimum atomic E-state index is 0.674. The molecule has 6 aromatic rings. The number of hydrogen-bond acceptors (Lipinski definition) is 3. The number of benzene rings is 4. The molecular weight excluding hydrogens is 350 g/mol. The summed E-state index contributed by atoms with van der Waals surface area (Å²) in [5, 5.41) is 4.82. The zero-order chi connectivity index (χ0) is 18.0. The summed E-state index contributed by atoms with van der Waals surface area (Å²) in [6, 6.07) is 27.5. The first-order chi connectivity index (χ1) is 13.3. The Morgan fingerprint density at radius 3 is 2.41 bits per heavy atom. The normalized spacial score (nSPS) is 11.9. The molecule has 27 heavy (non-hydrogen) atoms. The molecule has 0 aliphatic rings. The highest BCUT2D eigenvalue weighted by Crippen LogP contribution is 2.41. The van der Waals surface area contributed by atoms with Gasteiger partial charge in [0.25, 0.3) is 0 Å². The van der Waals surface area contributed by atoms with Crippen molar-refractivity contribution in [3.8, 4) is 11.1 Å². The smallest absolute Gasteiger partial charge is 0.158 e. The van der Waals surface area contributed by atoms with E-state index in [0.717, 1.165) is 27.5 Å². The van der Waals surface area contributed by atoms with Gasteiger partial charge < -0.3 is 10.2 Å². The van der Waals surface area contributed by atoms with E-state index in [1.54, 1.807) is 0 Å². The Bertz CT molecular complexity index is 1490. The van der Waals surface area contributed by atoms with E-state index in [1.165, 1.54) is 25.7 Å². The zero-order valence-corrected chi connectivity index (χ0v) is 15.2. The third kappa shape index (κ3) is 2.06. The minimum Gasteiger partial charge on any atom is -0.454 e. The Labute approximate surface area is 159 Å². The van der Waals surface area contributed by atoms with E-state index in [2.05, 4.69) is 54.6 Å². The molecule has 0 fully saturated rings. The van der Waals surface area contributed by atoms with E-state index in [4.69, 9.17) is 10.2 Å². The summed E-state index contributed by atoms with van der Waals surface area (Å²) >= 11 is 1.84. The van der Waals surface area contributed by atoms with Gasteiger partial charge in [-0.3, -0.25) is 0 Å². The van der Waals surface area contributed by atoms with Crippen molar-refractivity contribution in [2.45, 2.75) is 0 Å². The van der Waals surface area contributed by atoms with Crippen LogP contribution in [0.4, 0.5) is 5.69 Å². The van der Waals surface area contributed by atoms with Crippen molar-refractivity contribution in [2.75, 3.05) is 5.73 Å². The fourth-order valence-electron chi connectivity index (χ4n) is 3.98. The van der Waals surface area contributed by atoms with Crippen molar-refractivity contribution in [2.24, 2.45) is 0 Å². The third-order valence-corrected chi connectivity index (χ3v) is 6.38. The second kappa shape index (κ2) is 5.35. The molecule has 4 aromatic carbocycles. The average molecular weight is 365 g/mol. The van der Waals surface area contributed by atoms with Gasteiger partial charge in [0.15, 0.2) is 5.58 Å². The van der Waals surface area contributed by atoms with Crippen LogP contribution in [0.15, 0.2) is 83.3 Å². The number of rotatable bonds is 1.